The van der Waals surface area contributed by atoms with E-state index in [2.05, 4.69) is 0 Å². The van der Waals surface area contributed by atoms with Crippen LogP contribution < -0.4 is 4.74 Å². The van der Waals surface area contributed by atoms with Crippen molar-refractivity contribution in [2.24, 2.45) is 5.41 Å². The molecule has 4 amide bonds. The summed E-state index contributed by atoms with van der Waals surface area (Å²) < 4.78 is 51.7. The Labute approximate surface area is 298 Å². The SMILES string of the molecule is CN(CCC[C@H]1C(=O)N(C)CCCCC2(CCN(C(=O)OC(C)(C)C)CC2)COc2ccccc2C(=O)N1C)C(=O)c1cccc(C(F)(F)F)c1. The third kappa shape index (κ3) is 10.4. The number of amides is 4. The molecule has 1 fully saturated rings. The van der Waals surface area contributed by atoms with E-state index in [1.165, 1.54) is 29.0 Å². The maximum absolute atomic E-state index is 14.0. The van der Waals surface area contributed by atoms with Gasteiger partial charge in [0.25, 0.3) is 11.8 Å². The molecule has 13 heteroatoms. The van der Waals surface area contributed by atoms with Crippen LogP contribution >= 0.6 is 0 Å². The molecule has 0 saturated carbocycles. The second kappa shape index (κ2) is 16.4. The number of ether oxygens (including phenoxy) is 2. The average molecular weight is 717 g/mol. The van der Waals surface area contributed by atoms with Crippen LogP contribution in [0.1, 0.15) is 92.0 Å². The van der Waals surface area contributed by atoms with Crippen LogP contribution in [0, 0.1) is 5.41 Å². The number of hydrogen-bond donors (Lipinski definition) is 0. The number of piperidine rings is 1. The summed E-state index contributed by atoms with van der Waals surface area (Å²) in [6.45, 7) is 7.60. The smallest absolute Gasteiger partial charge is 0.416 e. The molecule has 1 atom stereocenters. The lowest BCUT2D eigenvalue weighted by molar-refractivity contribution is -0.137. The molecule has 280 valence electrons. The summed E-state index contributed by atoms with van der Waals surface area (Å²) in [5, 5.41) is 0. The molecule has 10 nitrogen and oxygen atoms in total. The first-order valence-corrected chi connectivity index (χ1v) is 17.6. The molecule has 2 heterocycles. The number of rotatable bonds is 5. The van der Waals surface area contributed by atoms with E-state index in [0.29, 0.717) is 56.8 Å². The predicted molar refractivity (Wildman–Crippen MR) is 186 cm³/mol. The lowest BCUT2D eigenvalue weighted by Gasteiger charge is -2.42. The van der Waals surface area contributed by atoms with Crippen molar-refractivity contribution >= 4 is 23.8 Å². The third-order valence-electron chi connectivity index (χ3n) is 9.78. The van der Waals surface area contributed by atoms with Crippen molar-refractivity contribution in [2.75, 3.05) is 53.9 Å². The van der Waals surface area contributed by atoms with Crippen molar-refractivity contribution in [3.05, 3.63) is 65.2 Å². The fourth-order valence-electron chi connectivity index (χ4n) is 6.66. The Hall–Kier alpha value is -4.29. The number of halogens is 3. The lowest BCUT2D eigenvalue weighted by Crippen LogP contribution is -2.49. The normalized spacial score (nSPS) is 19.2. The summed E-state index contributed by atoms with van der Waals surface area (Å²) in [4.78, 5) is 59.8. The summed E-state index contributed by atoms with van der Waals surface area (Å²) in [6, 6.07) is 10.4. The van der Waals surface area contributed by atoms with Gasteiger partial charge >= 0.3 is 12.3 Å². The molecule has 51 heavy (non-hydrogen) atoms. The van der Waals surface area contributed by atoms with E-state index >= 15 is 0 Å². The molecule has 2 aliphatic heterocycles. The Bertz CT molecular complexity index is 1550. The summed E-state index contributed by atoms with van der Waals surface area (Å²) in [5.41, 5.74) is -1.49. The van der Waals surface area contributed by atoms with Gasteiger partial charge in [0.15, 0.2) is 0 Å². The van der Waals surface area contributed by atoms with E-state index in [1.54, 1.807) is 48.2 Å². The zero-order valence-electron chi connectivity index (χ0n) is 30.6. The fraction of sp³-hybridized carbons (Fsp3) is 0.579. The highest BCUT2D eigenvalue weighted by Gasteiger charge is 2.39. The molecule has 0 bridgehead atoms. The van der Waals surface area contributed by atoms with Crippen LogP contribution in [-0.2, 0) is 15.7 Å². The van der Waals surface area contributed by atoms with Gasteiger partial charge in [-0.2, -0.15) is 13.2 Å². The number of likely N-dealkylation sites (tertiary alicyclic amines) is 1. The number of nitrogens with zero attached hydrogens (tertiary/aromatic N) is 4. The number of fused-ring (bicyclic) bond motifs is 1. The Kier molecular flexibility index (Phi) is 12.7. The molecule has 0 aliphatic carbocycles. The van der Waals surface area contributed by atoms with Crippen LogP contribution in [-0.4, -0.2) is 109 Å². The van der Waals surface area contributed by atoms with Gasteiger partial charge in [-0.25, -0.2) is 4.79 Å². The minimum absolute atomic E-state index is 0.0830. The summed E-state index contributed by atoms with van der Waals surface area (Å²) in [5.74, 6) is -0.796. The zero-order chi connectivity index (χ0) is 37.6. The topological polar surface area (TPSA) is 99.7 Å². The van der Waals surface area contributed by atoms with Crippen molar-refractivity contribution in [2.45, 2.75) is 83.5 Å². The van der Waals surface area contributed by atoms with E-state index in [4.69, 9.17) is 9.47 Å². The number of alkyl halides is 3. The summed E-state index contributed by atoms with van der Waals surface area (Å²) >= 11 is 0. The molecule has 4 rings (SSSR count). The lowest BCUT2D eigenvalue weighted by atomic mass is 9.75. The van der Waals surface area contributed by atoms with Gasteiger partial charge < -0.3 is 29.1 Å². The Morgan fingerprint density at radius 3 is 2.31 bits per heavy atom. The molecule has 2 aromatic carbocycles. The predicted octanol–water partition coefficient (Wildman–Crippen LogP) is 6.74. The van der Waals surface area contributed by atoms with Gasteiger partial charge in [-0.3, -0.25) is 14.4 Å². The second-order valence-electron chi connectivity index (χ2n) is 14.8. The first-order chi connectivity index (χ1) is 23.9. The number of carbonyl (C=O) groups excluding carboxylic acids is 4. The first-order valence-electron chi connectivity index (χ1n) is 17.6. The monoisotopic (exact) mass is 716 g/mol. The Balaban J connectivity index is 1.48. The highest BCUT2D eigenvalue weighted by molar-refractivity contribution is 5.99. The molecule has 2 aromatic rings. The minimum Gasteiger partial charge on any atom is -0.492 e. The molecule has 0 N–H and O–H groups in total. The standard InChI is InChI=1S/C38H51F3N4O6/c1-36(2,3)51-35(49)45-23-19-37(20-24-45)18-9-10-21-43(5)34(48)30(44(6)33(47)29-15-7-8-17-31(29)50-26-37)16-12-22-42(4)32(46)27-13-11-14-28(25-27)38(39,40)41/h7-8,11,13-15,17,25,30H,9-10,12,16,18-24,26H2,1-6H3/t30-/m0/s1. The second-order valence-corrected chi connectivity index (χ2v) is 14.8. The van der Waals surface area contributed by atoms with E-state index < -0.39 is 35.2 Å². The van der Waals surface area contributed by atoms with E-state index in [9.17, 15) is 32.3 Å². The molecular weight excluding hydrogens is 665 g/mol. The van der Waals surface area contributed by atoms with Gasteiger partial charge in [0.05, 0.1) is 17.7 Å². The van der Waals surface area contributed by atoms with Crippen LogP contribution in [0.3, 0.4) is 0 Å². The van der Waals surface area contributed by atoms with Gasteiger partial charge in [0.2, 0.25) is 5.91 Å². The highest BCUT2D eigenvalue weighted by atomic mass is 19.4. The van der Waals surface area contributed by atoms with Gasteiger partial charge in [-0.05, 0) is 89.6 Å². The van der Waals surface area contributed by atoms with Crippen molar-refractivity contribution in [1.29, 1.82) is 0 Å². The first kappa shape index (κ1) is 39.5. The number of para-hydroxylation sites is 1. The largest absolute Gasteiger partial charge is 0.492 e. The zero-order valence-corrected chi connectivity index (χ0v) is 30.6. The van der Waals surface area contributed by atoms with E-state index in [1.807, 2.05) is 20.8 Å². The fourth-order valence-corrected chi connectivity index (χ4v) is 6.66. The highest BCUT2D eigenvalue weighted by Crippen LogP contribution is 2.39. The van der Waals surface area contributed by atoms with Crippen molar-refractivity contribution in [3.8, 4) is 5.75 Å². The van der Waals surface area contributed by atoms with Crippen LogP contribution in [0.4, 0.5) is 18.0 Å². The Morgan fingerprint density at radius 2 is 1.65 bits per heavy atom. The van der Waals surface area contributed by atoms with Crippen LogP contribution in [0.25, 0.3) is 0 Å². The molecule has 0 unspecified atom stereocenters. The molecule has 1 saturated heterocycles. The number of likely N-dealkylation sites (N-methyl/N-ethyl adjacent to an activating group) is 2. The summed E-state index contributed by atoms with van der Waals surface area (Å²) in [7, 11) is 4.79. The van der Waals surface area contributed by atoms with Gasteiger partial charge in [-0.1, -0.05) is 24.6 Å². The van der Waals surface area contributed by atoms with Crippen molar-refractivity contribution < 1.29 is 41.8 Å². The maximum Gasteiger partial charge on any atom is 0.416 e. The minimum atomic E-state index is -4.57. The molecule has 0 radical (unpaired) electrons. The molecule has 0 aromatic heterocycles. The van der Waals surface area contributed by atoms with Gasteiger partial charge in [0.1, 0.15) is 17.4 Å². The number of benzene rings is 2. The van der Waals surface area contributed by atoms with Crippen LogP contribution in [0.15, 0.2) is 48.5 Å². The number of carbonyl (C=O) groups is 4. The van der Waals surface area contributed by atoms with Crippen molar-refractivity contribution in [3.63, 3.8) is 0 Å². The van der Waals surface area contributed by atoms with Gasteiger partial charge in [0, 0.05) is 58.3 Å². The van der Waals surface area contributed by atoms with Crippen LogP contribution in [0.5, 0.6) is 5.75 Å². The third-order valence-corrected chi connectivity index (χ3v) is 9.78. The van der Waals surface area contributed by atoms with Gasteiger partial charge in [-0.15, -0.1) is 0 Å². The number of hydrogen-bond acceptors (Lipinski definition) is 6. The maximum atomic E-state index is 14.0. The molecule has 2 aliphatic rings. The van der Waals surface area contributed by atoms with Crippen molar-refractivity contribution in [1.82, 2.24) is 19.6 Å². The molecular formula is C38H51F3N4O6. The van der Waals surface area contributed by atoms with E-state index in [-0.39, 0.29) is 35.9 Å². The Morgan fingerprint density at radius 1 is 0.961 bits per heavy atom. The summed E-state index contributed by atoms with van der Waals surface area (Å²) in [6.07, 6.45) is -0.545. The average Bonchev–Trinajstić information content (AvgIpc) is 3.08. The van der Waals surface area contributed by atoms with E-state index in [0.717, 1.165) is 31.4 Å². The quantitative estimate of drug-likeness (QED) is 0.340. The van der Waals surface area contributed by atoms with Crippen LogP contribution in [0.2, 0.25) is 0 Å². The molecule has 1 spiro atoms.